The molecule has 5 heteroatoms. The highest BCUT2D eigenvalue weighted by Crippen LogP contribution is 2.24. The SMILES string of the molecule is CC(NC(=O)OC(C)(C)C)C(=O)NC1CCCC1C. The molecule has 0 radical (unpaired) electrons. The molecular formula is C14H26N2O3. The van der Waals surface area contributed by atoms with Gasteiger partial charge in [-0.2, -0.15) is 0 Å². The van der Waals surface area contributed by atoms with Gasteiger partial charge in [-0.15, -0.1) is 0 Å². The highest BCUT2D eigenvalue weighted by molar-refractivity contribution is 5.85. The van der Waals surface area contributed by atoms with E-state index in [9.17, 15) is 9.59 Å². The van der Waals surface area contributed by atoms with Crippen molar-refractivity contribution in [1.82, 2.24) is 10.6 Å². The minimum absolute atomic E-state index is 0.149. The van der Waals surface area contributed by atoms with Crippen molar-refractivity contribution >= 4 is 12.0 Å². The van der Waals surface area contributed by atoms with Crippen LogP contribution in [-0.2, 0) is 9.53 Å². The van der Waals surface area contributed by atoms with Gasteiger partial charge in [-0.1, -0.05) is 13.3 Å². The first kappa shape index (κ1) is 15.8. The smallest absolute Gasteiger partial charge is 0.408 e. The molecule has 1 aliphatic rings. The van der Waals surface area contributed by atoms with Gasteiger partial charge in [0.1, 0.15) is 11.6 Å². The third-order valence-corrected chi connectivity index (χ3v) is 3.32. The van der Waals surface area contributed by atoms with Gasteiger partial charge in [-0.05, 0) is 46.5 Å². The third kappa shape index (κ3) is 5.49. The summed E-state index contributed by atoms with van der Waals surface area (Å²) in [5.41, 5.74) is -0.555. The van der Waals surface area contributed by atoms with Crippen molar-refractivity contribution in [3.05, 3.63) is 0 Å². The molecule has 5 nitrogen and oxygen atoms in total. The number of nitrogens with one attached hydrogen (secondary N) is 2. The van der Waals surface area contributed by atoms with E-state index < -0.39 is 17.7 Å². The van der Waals surface area contributed by atoms with Crippen molar-refractivity contribution in [2.24, 2.45) is 5.92 Å². The van der Waals surface area contributed by atoms with E-state index in [0.717, 1.165) is 19.3 Å². The lowest BCUT2D eigenvalue weighted by Crippen LogP contribution is -2.49. The van der Waals surface area contributed by atoms with Crippen LogP contribution in [0.5, 0.6) is 0 Å². The standard InChI is InChI=1S/C14H26N2O3/c1-9-7-6-8-11(9)16-12(17)10(2)15-13(18)19-14(3,4)5/h9-11H,6-8H2,1-5H3,(H,15,18)(H,16,17). The summed E-state index contributed by atoms with van der Waals surface area (Å²) in [7, 11) is 0. The summed E-state index contributed by atoms with van der Waals surface area (Å²) < 4.78 is 5.12. The monoisotopic (exact) mass is 270 g/mol. The first-order chi connectivity index (χ1) is 8.69. The van der Waals surface area contributed by atoms with Crippen LogP contribution in [0.25, 0.3) is 0 Å². The second kappa shape index (κ2) is 6.26. The molecule has 2 N–H and O–H groups in total. The van der Waals surface area contributed by atoms with Crippen LogP contribution < -0.4 is 10.6 Å². The van der Waals surface area contributed by atoms with Crippen molar-refractivity contribution in [1.29, 1.82) is 0 Å². The molecule has 1 aliphatic carbocycles. The van der Waals surface area contributed by atoms with Crippen molar-refractivity contribution in [2.75, 3.05) is 0 Å². The number of ether oxygens (including phenoxy) is 1. The largest absolute Gasteiger partial charge is 0.444 e. The van der Waals surface area contributed by atoms with Gasteiger partial charge in [0, 0.05) is 6.04 Å². The van der Waals surface area contributed by atoms with Gasteiger partial charge in [-0.3, -0.25) is 4.79 Å². The summed E-state index contributed by atoms with van der Waals surface area (Å²) in [6.45, 7) is 9.18. The number of carbonyl (C=O) groups is 2. The van der Waals surface area contributed by atoms with Crippen LogP contribution in [0.3, 0.4) is 0 Å². The van der Waals surface area contributed by atoms with Crippen LogP contribution in [0.15, 0.2) is 0 Å². The summed E-state index contributed by atoms with van der Waals surface area (Å²) in [4.78, 5) is 23.5. The van der Waals surface area contributed by atoms with Crippen LogP contribution in [-0.4, -0.2) is 29.7 Å². The minimum Gasteiger partial charge on any atom is -0.444 e. The minimum atomic E-state index is -0.581. The number of hydrogen-bond acceptors (Lipinski definition) is 3. The Morgan fingerprint density at radius 3 is 2.37 bits per heavy atom. The van der Waals surface area contributed by atoms with E-state index in [1.54, 1.807) is 27.7 Å². The molecule has 19 heavy (non-hydrogen) atoms. The number of amides is 2. The topological polar surface area (TPSA) is 67.4 Å². The van der Waals surface area contributed by atoms with E-state index in [0.29, 0.717) is 5.92 Å². The Balaban J connectivity index is 2.38. The fourth-order valence-corrected chi connectivity index (χ4v) is 2.22. The maximum Gasteiger partial charge on any atom is 0.408 e. The molecule has 0 saturated heterocycles. The molecule has 3 unspecified atom stereocenters. The summed E-state index contributed by atoms with van der Waals surface area (Å²) in [5, 5.41) is 5.54. The van der Waals surface area contributed by atoms with E-state index in [2.05, 4.69) is 17.6 Å². The van der Waals surface area contributed by atoms with Gasteiger partial charge in [-0.25, -0.2) is 4.79 Å². The molecule has 0 aromatic carbocycles. The quantitative estimate of drug-likeness (QED) is 0.826. The van der Waals surface area contributed by atoms with E-state index in [4.69, 9.17) is 4.74 Å². The van der Waals surface area contributed by atoms with Crippen LogP contribution in [0.1, 0.15) is 53.9 Å². The lowest BCUT2D eigenvalue weighted by Gasteiger charge is -2.23. The fourth-order valence-electron chi connectivity index (χ4n) is 2.22. The molecule has 1 rings (SSSR count). The zero-order valence-corrected chi connectivity index (χ0v) is 12.6. The van der Waals surface area contributed by atoms with Gasteiger partial charge >= 0.3 is 6.09 Å². The molecule has 0 heterocycles. The Kier molecular flexibility index (Phi) is 5.20. The lowest BCUT2D eigenvalue weighted by atomic mass is 10.1. The van der Waals surface area contributed by atoms with Crippen LogP contribution in [0.4, 0.5) is 4.79 Å². The highest BCUT2D eigenvalue weighted by Gasteiger charge is 2.27. The normalized spacial score (nSPS) is 24.7. The zero-order chi connectivity index (χ0) is 14.6. The maximum absolute atomic E-state index is 12.0. The predicted molar refractivity (Wildman–Crippen MR) is 73.8 cm³/mol. The van der Waals surface area contributed by atoms with Crippen LogP contribution in [0, 0.1) is 5.92 Å². The summed E-state index contributed by atoms with van der Waals surface area (Å²) in [6.07, 6.45) is 2.76. The Morgan fingerprint density at radius 2 is 1.89 bits per heavy atom. The second-order valence-corrected chi connectivity index (χ2v) is 6.39. The average molecular weight is 270 g/mol. The van der Waals surface area contributed by atoms with Gasteiger partial charge in [0.25, 0.3) is 0 Å². The molecule has 0 spiro atoms. The van der Waals surface area contributed by atoms with Crippen LogP contribution >= 0.6 is 0 Å². The van der Waals surface area contributed by atoms with Crippen molar-refractivity contribution in [3.63, 3.8) is 0 Å². The number of alkyl carbamates (subject to hydrolysis) is 1. The van der Waals surface area contributed by atoms with Crippen molar-refractivity contribution in [3.8, 4) is 0 Å². The molecule has 1 fully saturated rings. The van der Waals surface area contributed by atoms with E-state index >= 15 is 0 Å². The van der Waals surface area contributed by atoms with Gasteiger partial charge in [0.15, 0.2) is 0 Å². The molecule has 0 aliphatic heterocycles. The van der Waals surface area contributed by atoms with E-state index in [1.807, 2.05) is 0 Å². The molecule has 0 aromatic rings. The van der Waals surface area contributed by atoms with Crippen molar-refractivity contribution < 1.29 is 14.3 Å². The Hall–Kier alpha value is -1.26. The molecule has 110 valence electrons. The number of carbonyl (C=O) groups excluding carboxylic acids is 2. The summed E-state index contributed by atoms with van der Waals surface area (Å²) >= 11 is 0. The first-order valence-electron chi connectivity index (χ1n) is 6.99. The molecular weight excluding hydrogens is 244 g/mol. The number of rotatable bonds is 3. The van der Waals surface area contributed by atoms with Crippen LogP contribution in [0.2, 0.25) is 0 Å². The Labute approximate surface area is 115 Å². The fraction of sp³-hybridized carbons (Fsp3) is 0.857. The highest BCUT2D eigenvalue weighted by atomic mass is 16.6. The summed E-state index contributed by atoms with van der Waals surface area (Å²) in [6, 6.07) is -0.349. The molecule has 3 atom stereocenters. The van der Waals surface area contributed by atoms with Gasteiger partial charge in [0.2, 0.25) is 5.91 Å². The summed E-state index contributed by atoms with van der Waals surface area (Å²) in [5.74, 6) is 0.363. The van der Waals surface area contributed by atoms with E-state index in [1.165, 1.54) is 0 Å². The number of hydrogen-bond donors (Lipinski definition) is 2. The first-order valence-corrected chi connectivity index (χ1v) is 6.99. The maximum atomic E-state index is 12.0. The zero-order valence-electron chi connectivity index (χ0n) is 12.6. The predicted octanol–water partition coefficient (Wildman–Crippen LogP) is 2.20. The Morgan fingerprint density at radius 1 is 1.26 bits per heavy atom. The Bertz CT molecular complexity index is 336. The lowest BCUT2D eigenvalue weighted by molar-refractivity contribution is -0.123. The van der Waals surface area contributed by atoms with Crippen molar-refractivity contribution in [2.45, 2.75) is 71.6 Å². The second-order valence-electron chi connectivity index (χ2n) is 6.39. The molecule has 0 bridgehead atoms. The molecule has 1 saturated carbocycles. The van der Waals surface area contributed by atoms with Gasteiger partial charge < -0.3 is 15.4 Å². The molecule has 0 aromatic heterocycles. The third-order valence-electron chi connectivity index (χ3n) is 3.32. The van der Waals surface area contributed by atoms with Gasteiger partial charge in [0.05, 0.1) is 0 Å². The van der Waals surface area contributed by atoms with E-state index in [-0.39, 0.29) is 11.9 Å². The average Bonchev–Trinajstić information content (AvgIpc) is 2.61. The molecule has 2 amide bonds.